The first-order valence-corrected chi connectivity index (χ1v) is 10.8. The molecule has 0 aliphatic rings. The third kappa shape index (κ3) is 6.20. The normalized spacial score (nSPS) is 13.8. The van der Waals surface area contributed by atoms with Crippen LogP contribution in [0, 0.1) is 5.92 Å². The van der Waals surface area contributed by atoms with Crippen molar-refractivity contribution in [3.05, 3.63) is 78.0 Å². The van der Waals surface area contributed by atoms with Gasteiger partial charge in [-0.15, -0.1) is 0 Å². The Morgan fingerprint density at radius 2 is 1.70 bits per heavy atom. The Kier molecular flexibility index (Phi) is 7.50. The standard InChI is InChI=1S/C25H29N3O5/c1-17(2)25(3,32)16-33-22-14-21(27-28(22)19-12-8-5-9-13-19)24(31)26-20(15-23(29)30)18-10-6-4-7-11-18/h4-14,17,20,32H,15-16H2,1-3H3,(H,26,31)(H,29,30)/t20-,25-/m0/s1. The average molecular weight is 452 g/mol. The Hall–Kier alpha value is -3.65. The van der Waals surface area contributed by atoms with Crippen LogP contribution in [0.25, 0.3) is 5.69 Å². The number of carboxylic acids is 1. The lowest BCUT2D eigenvalue weighted by Gasteiger charge is -2.27. The number of benzene rings is 2. The summed E-state index contributed by atoms with van der Waals surface area (Å²) in [5, 5.41) is 27.0. The van der Waals surface area contributed by atoms with Crippen LogP contribution in [0.3, 0.4) is 0 Å². The summed E-state index contributed by atoms with van der Waals surface area (Å²) in [5.74, 6) is -1.31. The number of hydrogen-bond donors (Lipinski definition) is 3. The lowest BCUT2D eigenvalue weighted by molar-refractivity contribution is -0.137. The first-order chi connectivity index (χ1) is 15.7. The maximum atomic E-state index is 13.0. The predicted octanol–water partition coefficient (Wildman–Crippen LogP) is 3.60. The van der Waals surface area contributed by atoms with E-state index < -0.39 is 23.5 Å². The van der Waals surface area contributed by atoms with Crippen molar-refractivity contribution in [3.63, 3.8) is 0 Å². The summed E-state index contributed by atoms with van der Waals surface area (Å²) in [6, 6.07) is 18.9. The second kappa shape index (κ2) is 10.3. The minimum absolute atomic E-state index is 0.00983. The van der Waals surface area contributed by atoms with E-state index >= 15 is 0 Å². The summed E-state index contributed by atoms with van der Waals surface area (Å²) < 4.78 is 7.37. The van der Waals surface area contributed by atoms with Crippen molar-refractivity contribution in [2.24, 2.45) is 5.92 Å². The molecule has 0 radical (unpaired) electrons. The molecule has 174 valence electrons. The van der Waals surface area contributed by atoms with Crippen LogP contribution in [0.4, 0.5) is 0 Å². The lowest BCUT2D eigenvalue weighted by atomic mass is 9.94. The van der Waals surface area contributed by atoms with Gasteiger partial charge in [0.05, 0.1) is 23.8 Å². The fourth-order valence-corrected chi connectivity index (χ4v) is 3.06. The molecule has 0 aliphatic heterocycles. The molecule has 3 rings (SSSR count). The highest BCUT2D eigenvalue weighted by Crippen LogP contribution is 2.24. The van der Waals surface area contributed by atoms with Crippen LogP contribution in [-0.4, -0.2) is 44.1 Å². The number of carboxylic acid groups (broad SMARTS) is 1. The SMILES string of the molecule is CC(C)[C@@](C)(O)COc1cc(C(=O)N[C@@H](CC(=O)O)c2ccccc2)nn1-c1ccccc1. The number of carbonyl (C=O) groups is 2. The second-order valence-electron chi connectivity index (χ2n) is 8.45. The van der Waals surface area contributed by atoms with Crippen LogP contribution in [0.2, 0.25) is 0 Å². The first kappa shape index (κ1) is 24.0. The molecule has 2 atom stereocenters. The van der Waals surface area contributed by atoms with Crippen molar-refractivity contribution in [3.8, 4) is 11.6 Å². The van der Waals surface area contributed by atoms with Crippen molar-refractivity contribution >= 4 is 11.9 Å². The number of carbonyl (C=O) groups excluding carboxylic acids is 1. The third-order valence-corrected chi connectivity index (χ3v) is 5.55. The largest absolute Gasteiger partial charge is 0.481 e. The highest BCUT2D eigenvalue weighted by molar-refractivity contribution is 5.93. The molecule has 1 aromatic heterocycles. The number of para-hydroxylation sites is 1. The van der Waals surface area contributed by atoms with Crippen LogP contribution in [0.1, 0.15) is 49.3 Å². The molecule has 0 saturated heterocycles. The van der Waals surface area contributed by atoms with Gasteiger partial charge in [0.1, 0.15) is 6.61 Å². The monoisotopic (exact) mass is 451 g/mol. The van der Waals surface area contributed by atoms with Gasteiger partial charge in [0, 0.05) is 6.07 Å². The Bertz CT molecular complexity index is 1080. The minimum atomic E-state index is -1.08. The van der Waals surface area contributed by atoms with Crippen LogP contribution >= 0.6 is 0 Å². The molecule has 1 amide bonds. The molecule has 8 heteroatoms. The zero-order valence-corrected chi connectivity index (χ0v) is 18.9. The number of ether oxygens (including phenoxy) is 1. The van der Waals surface area contributed by atoms with Gasteiger partial charge < -0.3 is 20.3 Å². The van der Waals surface area contributed by atoms with Crippen molar-refractivity contribution in [2.45, 2.75) is 38.8 Å². The topological polar surface area (TPSA) is 114 Å². The third-order valence-electron chi connectivity index (χ3n) is 5.55. The maximum absolute atomic E-state index is 13.0. The van der Waals surface area contributed by atoms with Gasteiger partial charge in [-0.2, -0.15) is 5.10 Å². The smallest absolute Gasteiger partial charge is 0.305 e. The summed E-state index contributed by atoms with van der Waals surface area (Å²) in [7, 11) is 0. The van der Waals surface area contributed by atoms with Gasteiger partial charge in [-0.1, -0.05) is 62.4 Å². The first-order valence-electron chi connectivity index (χ1n) is 10.8. The van der Waals surface area contributed by atoms with E-state index in [1.165, 1.54) is 10.7 Å². The number of nitrogens with zero attached hydrogens (tertiary/aromatic N) is 2. The van der Waals surface area contributed by atoms with Crippen LogP contribution in [0.5, 0.6) is 5.88 Å². The fraction of sp³-hybridized carbons (Fsp3) is 0.320. The molecule has 0 unspecified atom stereocenters. The number of aromatic nitrogens is 2. The Morgan fingerprint density at radius 3 is 2.27 bits per heavy atom. The molecule has 0 saturated carbocycles. The van der Waals surface area contributed by atoms with E-state index in [1.54, 1.807) is 31.2 Å². The van der Waals surface area contributed by atoms with Gasteiger partial charge in [-0.3, -0.25) is 9.59 Å². The molecule has 2 aromatic carbocycles. The van der Waals surface area contributed by atoms with E-state index in [2.05, 4.69) is 10.4 Å². The zero-order valence-electron chi connectivity index (χ0n) is 18.9. The average Bonchev–Trinajstić information content (AvgIpc) is 3.23. The van der Waals surface area contributed by atoms with E-state index in [0.29, 0.717) is 17.1 Å². The van der Waals surface area contributed by atoms with Crippen molar-refractivity contribution < 1.29 is 24.5 Å². The summed E-state index contributed by atoms with van der Waals surface area (Å²) in [4.78, 5) is 24.4. The number of amides is 1. The zero-order chi connectivity index (χ0) is 24.0. The molecule has 3 N–H and O–H groups in total. The molecule has 8 nitrogen and oxygen atoms in total. The van der Waals surface area contributed by atoms with E-state index in [4.69, 9.17) is 4.74 Å². The quantitative estimate of drug-likeness (QED) is 0.434. The van der Waals surface area contributed by atoms with Gasteiger partial charge >= 0.3 is 5.97 Å². The van der Waals surface area contributed by atoms with Crippen molar-refractivity contribution in [1.29, 1.82) is 0 Å². The highest BCUT2D eigenvalue weighted by Gasteiger charge is 2.28. The second-order valence-corrected chi connectivity index (χ2v) is 8.45. The Labute approximate surface area is 192 Å². The Balaban J connectivity index is 1.89. The van der Waals surface area contributed by atoms with Crippen molar-refractivity contribution in [1.82, 2.24) is 15.1 Å². The molecule has 0 aliphatic carbocycles. The number of nitrogens with one attached hydrogen (secondary N) is 1. The van der Waals surface area contributed by atoms with Crippen LogP contribution in [-0.2, 0) is 4.79 Å². The molecule has 3 aromatic rings. The molecular weight excluding hydrogens is 422 g/mol. The lowest BCUT2D eigenvalue weighted by Crippen LogP contribution is -2.38. The summed E-state index contributed by atoms with van der Waals surface area (Å²) in [6.07, 6.45) is -0.268. The maximum Gasteiger partial charge on any atom is 0.305 e. The highest BCUT2D eigenvalue weighted by atomic mass is 16.5. The van der Waals surface area contributed by atoms with E-state index in [0.717, 1.165) is 0 Å². The number of aliphatic hydroxyl groups is 1. The summed E-state index contributed by atoms with van der Waals surface area (Å²) >= 11 is 0. The molecular formula is C25H29N3O5. The van der Waals surface area contributed by atoms with E-state index in [1.807, 2.05) is 50.2 Å². The number of aliphatic carboxylic acids is 1. The molecule has 0 bridgehead atoms. The van der Waals surface area contributed by atoms with Gasteiger partial charge in [0.2, 0.25) is 5.88 Å². The van der Waals surface area contributed by atoms with Crippen LogP contribution in [0.15, 0.2) is 66.7 Å². The minimum Gasteiger partial charge on any atom is -0.481 e. The van der Waals surface area contributed by atoms with Gasteiger partial charge in [0.25, 0.3) is 5.91 Å². The summed E-state index contributed by atoms with van der Waals surface area (Å²) in [5.41, 5.74) is 0.360. The number of hydrogen-bond acceptors (Lipinski definition) is 5. The molecule has 33 heavy (non-hydrogen) atoms. The summed E-state index contributed by atoms with van der Waals surface area (Å²) in [6.45, 7) is 5.48. The molecule has 0 spiro atoms. The fourth-order valence-electron chi connectivity index (χ4n) is 3.06. The molecule has 0 fully saturated rings. The number of rotatable bonds is 10. The predicted molar refractivity (Wildman–Crippen MR) is 123 cm³/mol. The van der Waals surface area contributed by atoms with Gasteiger partial charge in [-0.25, -0.2) is 4.68 Å². The van der Waals surface area contributed by atoms with E-state index in [9.17, 15) is 19.8 Å². The van der Waals surface area contributed by atoms with Gasteiger partial charge in [0.15, 0.2) is 5.69 Å². The molecule has 1 heterocycles. The van der Waals surface area contributed by atoms with Crippen LogP contribution < -0.4 is 10.1 Å². The van der Waals surface area contributed by atoms with E-state index in [-0.39, 0.29) is 24.6 Å². The van der Waals surface area contributed by atoms with Crippen molar-refractivity contribution in [2.75, 3.05) is 6.61 Å². The van der Waals surface area contributed by atoms with Gasteiger partial charge in [-0.05, 0) is 30.5 Å². The Morgan fingerprint density at radius 1 is 1.09 bits per heavy atom.